The summed E-state index contributed by atoms with van der Waals surface area (Å²) in [6, 6.07) is 9.54. The van der Waals surface area contributed by atoms with Gasteiger partial charge in [-0.3, -0.25) is 5.41 Å². The van der Waals surface area contributed by atoms with Gasteiger partial charge in [-0.05, 0) is 5.56 Å². The molecule has 1 N–H and O–H groups in total. The normalized spacial score (nSPS) is 8.93. The van der Waals surface area contributed by atoms with E-state index in [4.69, 9.17) is 28.6 Å². The van der Waals surface area contributed by atoms with Crippen LogP contribution in [0.3, 0.4) is 0 Å². The molecule has 1 rings (SSSR count). The van der Waals surface area contributed by atoms with Gasteiger partial charge in [-0.15, -0.1) is 23.2 Å². The van der Waals surface area contributed by atoms with Gasteiger partial charge < -0.3 is 4.29 Å². The SMILES string of the molecule is CC(=N)OCl.ClC(Cl)c1ccccc1. The minimum Gasteiger partial charge on any atom is -0.371 e. The summed E-state index contributed by atoms with van der Waals surface area (Å²) < 4.78 is 3.81. The molecule has 0 aliphatic heterocycles. The molecule has 0 saturated carbocycles. The van der Waals surface area contributed by atoms with Gasteiger partial charge in [0.05, 0.1) is 0 Å². The highest BCUT2D eigenvalue weighted by Crippen LogP contribution is 2.23. The predicted octanol–water partition coefficient (Wildman–Crippen LogP) is 4.32. The second kappa shape index (κ2) is 7.92. The molecule has 0 heterocycles. The third-order valence-electron chi connectivity index (χ3n) is 1.17. The summed E-state index contributed by atoms with van der Waals surface area (Å²) in [5, 5.41) is 6.39. The minimum absolute atomic E-state index is 0.0201. The predicted molar refractivity (Wildman–Crippen MR) is 61.2 cm³/mol. The van der Waals surface area contributed by atoms with Crippen molar-refractivity contribution in [2.45, 2.75) is 11.8 Å². The monoisotopic (exact) mass is 253 g/mol. The third-order valence-corrected chi connectivity index (χ3v) is 1.90. The first-order valence-corrected chi connectivity index (χ1v) is 4.93. The van der Waals surface area contributed by atoms with Gasteiger partial charge in [0.1, 0.15) is 16.7 Å². The van der Waals surface area contributed by atoms with E-state index in [1.807, 2.05) is 30.3 Å². The van der Waals surface area contributed by atoms with Crippen molar-refractivity contribution in [3.8, 4) is 0 Å². The molecule has 0 atom stereocenters. The Morgan fingerprint density at radius 3 is 1.93 bits per heavy atom. The fourth-order valence-corrected chi connectivity index (χ4v) is 0.889. The summed E-state index contributed by atoms with van der Waals surface area (Å²) in [5.74, 6) is 0.0201. The maximum Gasteiger partial charge on any atom is 0.202 e. The van der Waals surface area contributed by atoms with Crippen LogP contribution in [0.25, 0.3) is 0 Å². The van der Waals surface area contributed by atoms with Crippen molar-refractivity contribution in [3.63, 3.8) is 0 Å². The highest BCUT2D eigenvalue weighted by Gasteiger charge is 1.98. The van der Waals surface area contributed by atoms with Crippen LogP contribution in [0.5, 0.6) is 0 Å². The fourth-order valence-electron chi connectivity index (χ4n) is 0.599. The van der Waals surface area contributed by atoms with Gasteiger partial charge in [0.2, 0.25) is 5.90 Å². The van der Waals surface area contributed by atoms with E-state index in [1.165, 1.54) is 6.92 Å². The lowest BCUT2D eigenvalue weighted by Gasteiger charge is -1.97. The summed E-state index contributed by atoms with van der Waals surface area (Å²) in [6.45, 7) is 1.45. The highest BCUT2D eigenvalue weighted by atomic mass is 35.5. The number of alkyl halides is 2. The molecule has 0 unspecified atom stereocenters. The maximum atomic E-state index is 6.39. The summed E-state index contributed by atoms with van der Waals surface area (Å²) in [4.78, 5) is -0.397. The molecular formula is C9H10Cl3NO. The fraction of sp³-hybridized carbons (Fsp3) is 0.222. The van der Waals surface area contributed by atoms with E-state index in [9.17, 15) is 0 Å². The number of rotatable bonds is 1. The maximum absolute atomic E-state index is 6.39. The van der Waals surface area contributed by atoms with Crippen LogP contribution in [0.4, 0.5) is 0 Å². The van der Waals surface area contributed by atoms with Crippen molar-refractivity contribution in [3.05, 3.63) is 35.9 Å². The van der Waals surface area contributed by atoms with Crippen molar-refractivity contribution in [2.24, 2.45) is 0 Å². The van der Waals surface area contributed by atoms with Gasteiger partial charge in [-0.2, -0.15) is 0 Å². The van der Waals surface area contributed by atoms with E-state index in [0.717, 1.165) is 5.56 Å². The van der Waals surface area contributed by atoms with Crippen LogP contribution in [-0.4, -0.2) is 5.90 Å². The van der Waals surface area contributed by atoms with Gasteiger partial charge in [-0.25, -0.2) is 0 Å². The Morgan fingerprint density at radius 1 is 1.29 bits per heavy atom. The zero-order chi connectivity index (χ0) is 11.0. The Balaban J connectivity index is 0.000000292. The van der Waals surface area contributed by atoms with Crippen molar-refractivity contribution < 1.29 is 4.29 Å². The molecule has 0 spiro atoms. The molecule has 0 aliphatic carbocycles. The Kier molecular flexibility index (Phi) is 7.67. The van der Waals surface area contributed by atoms with Gasteiger partial charge in [-0.1, -0.05) is 30.3 Å². The lowest BCUT2D eigenvalue weighted by molar-refractivity contribution is 0.605. The number of nitrogens with one attached hydrogen (secondary N) is 1. The zero-order valence-corrected chi connectivity index (χ0v) is 9.77. The van der Waals surface area contributed by atoms with Gasteiger partial charge >= 0.3 is 0 Å². The number of benzene rings is 1. The third kappa shape index (κ3) is 7.01. The van der Waals surface area contributed by atoms with Crippen molar-refractivity contribution >= 4 is 41.0 Å². The minimum atomic E-state index is -0.397. The molecule has 1 aromatic carbocycles. The first kappa shape index (κ1) is 13.6. The zero-order valence-electron chi connectivity index (χ0n) is 7.51. The van der Waals surface area contributed by atoms with E-state index in [2.05, 4.69) is 16.2 Å². The average Bonchev–Trinajstić information content (AvgIpc) is 2.20. The molecule has 0 radical (unpaired) electrons. The highest BCUT2D eigenvalue weighted by molar-refractivity contribution is 6.44. The second-order valence-electron chi connectivity index (χ2n) is 2.34. The largest absolute Gasteiger partial charge is 0.371 e. The van der Waals surface area contributed by atoms with E-state index in [0.29, 0.717) is 0 Å². The van der Waals surface area contributed by atoms with Crippen LogP contribution in [0.2, 0.25) is 0 Å². The number of hydrogen-bond acceptors (Lipinski definition) is 2. The van der Waals surface area contributed by atoms with E-state index < -0.39 is 4.84 Å². The van der Waals surface area contributed by atoms with Gasteiger partial charge in [0.15, 0.2) is 0 Å². The quantitative estimate of drug-likeness (QED) is 0.452. The van der Waals surface area contributed by atoms with Crippen LogP contribution < -0.4 is 0 Å². The smallest absolute Gasteiger partial charge is 0.202 e. The van der Waals surface area contributed by atoms with Crippen LogP contribution in [-0.2, 0) is 4.29 Å². The molecule has 1 aromatic rings. The van der Waals surface area contributed by atoms with Crippen molar-refractivity contribution in [2.75, 3.05) is 0 Å². The standard InChI is InChI=1S/C7H6Cl2.C2H4ClNO/c8-7(9)6-4-2-1-3-5-6;1-2(4)5-3/h1-5,7H;4H,1H3. The van der Waals surface area contributed by atoms with Crippen LogP contribution in [0.1, 0.15) is 17.3 Å². The number of halogens is 3. The van der Waals surface area contributed by atoms with Crippen LogP contribution in [0.15, 0.2) is 30.3 Å². The Bertz CT molecular complexity index is 264. The average molecular weight is 255 g/mol. The Morgan fingerprint density at radius 2 is 1.71 bits per heavy atom. The van der Waals surface area contributed by atoms with Gasteiger partial charge in [0, 0.05) is 6.92 Å². The molecule has 0 bridgehead atoms. The molecule has 14 heavy (non-hydrogen) atoms. The molecule has 0 aliphatic rings. The first-order chi connectivity index (χ1) is 6.57. The van der Waals surface area contributed by atoms with Crippen molar-refractivity contribution in [1.82, 2.24) is 0 Å². The Labute approximate surface area is 98.4 Å². The summed E-state index contributed by atoms with van der Waals surface area (Å²) in [7, 11) is 0. The molecular weight excluding hydrogens is 244 g/mol. The topological polar surface area (TPSA) is 33.1 Å². The number of hydrogen-bond donors (Lipinski definition) is 1. The molecule has 5 heteroatoms. The van der Waals surface area contributed by atoms with E-state index in [1.54, 1.807) is 0 Å². The summed E-state index contributed by atoms with van der Waals surface area (Å²) in [6.07, 6.45) is 0. The molecule has 0 saturated heterocycles. The molecule has 0 amide bonds. The molecule has 0 aromatic heterocycles. The molecule has 2 nitrogen and oxygen atoms in total. The summed E-state index contributed by atoms with van der Waals surface area (Å²) in [5.41, 5.74) is 0.945. The lowest BCUT2D eigenvalue weighted by Crippen LogP contribution is -1.80. The summed E-state index contributed by atoms with van der Waals surface area (Å²) >= 11 is 15.7. The van der Waals surface area contributed by atoms with Crippen molar-refractivity contribution in [1.29, 1.82) is 5.41 Å². The van der Waals surface area contributed by atoms with Gasteiger partial charge in [0.25, 0.3) is 0 Å². The van der Waals surface area contributed by atoms with Crippen LogP contribution in [0, 0.1) is 5.41 Å². The van der Waals surface area contributed by atoms with Crippen LogP contribution >= 0.6 is 35.1 Å². The van der Waals surface area contributed by atoms with E-state index in [-0.39, 0.29) is 5.90 Å². The Hall–Kier alpha value is -0.440. The molecule has 78 valence electrons. The first-order valence-electron chi connectivity index (χ1n) is 3.74. The lowest BCUT2D eigenvalue weighted by atomic mass is 10.2. The molecule has 0 fully saturated rings. The van der Waals surface area contributed by atoms with E-state index >= 15 is 0 Å². The second-order valence-corrected chi connectivity index (χ2v) is 3.60.